The molecule has 0 spiro atoms. The second-order valence-corrected chi connectivity index (χ2v) is 9.38. The first-order chi connectivity index (χ1) is 14.8. The van der Waals surface area contributed by atoms with Crippen molar-refractivity contribution in [3.05, 3.63) is 65.0 Å². The van der Waals surface area contributed by atoms with Gasteiger partial charge in [0, 0.05) is 54.1 Å². The molecule has 2 aromatic carbocycles. The zero-order valence-electron chi connectivity index (χ0n) is 17.4. The van der Waals surface area contributed by atoms with Crippen molar-refractivity contribution in [1.82, 2.24) is 9.80 Å². The van der Waals surface area contributed by atoms with Crippen molar-refractivity contribution in [3.63, 3.8) is 0 Å². The number of hydrogen-bond acceptors (Lipinski definition) is 5. The van der Waals surface area contributed by atoms with Gasteiger partial charge in [-0.15, -0.1) is 11.3 Å². The summed E-state index contributed by atoms with van der Waals surface area (Å²) < 4.78 is 1.38. The Morgan fingerprint density at radius 3 is 2.47 bits per heavy atom. The third-order valence-corrected chi connectivity index (χ3v) is 7.35. The van der Waals surface area contributed by atoms with Gasteiger partial charge in [0.15, 0.2) is 5.78 Å². The molecule has 0 aliphatic carbocycles. The first kappa shape index (κ1) is 19.7. The van der Waals surface area contributed by atoms with Gasteiger partial charge in [-0.05, 0) is 55.1 Å². The van der Waals surface area contributed by atoms with Gasteiger partial charge in [0.1, 0.15) is 0 Å². The summed E-state index contributed by atoms with van der Waals surface area (Å²) in [6.07, 6.45) is 2.36. The molecule has 3 aromatic rings. The lowest BCUT2D eigenvalue weighted by atomic mass is 9.98. The van der Waals surface area contributed by atoms with E-state index < -0.39 is 0 Å². The zero-order valence-corrected chi connectivity index (χ0v) is 18.2. The first-order valence-corrected chi connectivity index (χ1v) is 11.9. The van der Waals surface area contributed by atoms with Crippen LogP contribution in [0.25, 0.3) is 10.1 Å². The molecule has 0 bridgehead atoms. The minimum Gasteiger partial charge on any atom is -0.368 e. The fourth-order valence-corrected chi connectivity index (χ4v) is 5.62. The third-order valence-electron chi connectivity index (χ3n) is 6.46. The fraction of sp³-hybridized carbons (Fsp3) is 0.400. The SMILES string of the molecule is O=C1CN(CCCCN2CCN(c3cccc4sccc34)CC2)Cc2ccccc21. The molecule has 0 unspecified atom stereocenters. The Kier molecular flexibility index (Phi) is 5.84. The number of rotatable bonds is 6. The first-order valence-electron chi connectivity index (χ1n) is 11.0. The molecule has 30 heavy (non-hydrogen) atoms. The van der Waals surface area contributed by atoms with Gasteiger partial charge in [0.05, 0.1) is 6.54 Å². The van der Waals surface area contributed by atoms with Crippen LogP contribution >= 0.6 is 11.3 Å². The van der Waals surface area contributed by atoms with Crippen molar-refractivity contribution in [2.45, 2.75) is 19.4 Å². The monoisotopic (exact) mass is 419 g/mol. The molecule has 156 valence electrons. The van der Waals surface area contributed by atoms with E-state index in [1.54, 1.807) is 0 Å². The minimum atomic E-state index is 0.272. The Bertz CT molecular complexity index is 1020. The number of hydrogen-bond donors (Lipinski definition) is 0. The quantitative estimate of drug-likeness (QED) is 0.550. The van der Waals surface area contributed by atoms with Crippen LogP contribution in [0.5, 0.6) is 0 Å². The molecule has 2 aliphatic rings. The third kappa shape index (κ3) is 4.15. The lowest BCUT2D eigenvalue weighted by molar-refractivity contribution is 0.0898. The molecule has 5 heteroatoms. The van der Waals surface area contributed by atoms with E-state index >= 15 is 0 Å². The van der Waals surface area contributed by atoms with Crippen LogP contribution in [0.4, 0.5) is 5.69 Å². The van der Waals surface area contributed by atoms with Gasteiger partial charge >= 0.3 is 0 Å². The summed E-state index contributed by atoms with van der Waals surface area (Å²) in [6, 6.07) is 17.0. The number of nitrogens with zero attached hydrogens (tertiary/aromatic N) is 3. The number of benzene rings is 2. The van der Waals surface area contributed by atoms with Crippen LogP contribution in [0, 0.1) is 0 Å². The molecule has 0 atom stereocenters. The van der Waals surface area contributed by atoms with Crippen LogP contribution in [-0.2, 0) is 6.54 Å². The molecule has 0 N–H and O–H groups in total. The maximum atomic E-state index is 12.3. The standard InChI is InChI=1S/C25H29N3OS/c29-24-19-27(18-20-6-1-2-7-21(20)24)12-4-3-11-26-13-15-28(16-14-26)23-8-5-9-25-22(23)10-17-30-25/h1-2,5-10,17H,3-4,11-16,18-19H2. The van der Waals surface area contributed by atoms with Crippen LogP contribution < -0.4 is 4.90 Å². The van der Waals surface area contributed by atoms with Gasteiger partial charge in [-0.25, -0.2) is 0 Å². The summed E-state index contributed by atoms with van der Waals surface area (Å²) in [5.74, 6) is 0.272. The molecular weight excluding hydrogens is 390 g/mol. The van der Waals surface area contributed by atoms with Crippen molar-refractivity contribution < 1.29 is 4.79 Å². The Labute approximate surface area is 182 Å². The van der Waals surface area contributed by atoms with Crippen LogP contribution in [-0.4, -0.2) is 61.4 Å². The number of thiophene rings is 1. The van der Waals surface area contributed by atoms with Gasteiger partial charge in [-0.2, -0.15) is 0 Å². The van der Waals surface area contributed by atoms with E-state index in [9.17, 15) is 4.79 Å². The number of carbonyl (C=O) groups is 1. The number of fused-ring (bicyclic) bond motifs is 2. The van der Waals surface area contributed by atoms with Gasteiger partial charge in [0.25, 0.3) is 0 Å². The predicted octanol–water partition coefficient (Wildman–Crippen LogP) is 4.50. The number of ketones is 1. The number of piperazine rings is 1. The second-order valence-electron chi connectivity index (χ2n) is 8.44. The van der Waals surface area contributed by atoms with Crippen molar-refractivity contribution in [2.24, 2.45) is 0 Å². The van der Waals surface area contributed by atoms with Gasteiger partial charge in [-0.3, -0.25) is 14.6 Å². The molecule has 0 amide bonds. The van der Waals surface area contributed by atoms with Crippen molar-refractivity contribution in [1.29, 1.82) is 0 Å². The lowest BCUT2D eigenvalue weighted by Gasteiger charge is -2.36. The van der Waals surface area contributed by atoms with Gasteiger partial charge in [0.2, 0.25) is 0 Å². The normalized spacial score (nSPS) is 18.1. The van der Waals surface area contributed by atoms with Gasteiger partial charge in [-0.1, -0.05) is 30.3 Å². The predicted molar refractivity (Wildman–Crippen MR) is 126 cm³/mol. The smallest absolute Gasteiger partial charge is 0.177 e. The van der Waals surface area contributed by atoms with E-state index in [1.807, 2.05) is 29.5 Å². The van der Waals surface area contributed by atoms with Crippen molar-refractivity contribution in [2.75, 3.05) is 50.7 Å². The highest BCUT2D eigenvalue weighted by atomic mass is 32.1. The molecule has 4 nitrogen and oxygen atoms in total. The van der Waals surface area contributed by atoms with Crippen LogP contribution in [0.15, 0.2) is 53.9 Å². The molecule has 1 saturated heterocycles. The van der Waals surface area contributed by atoms with E-state index in [0.717, 1.165) is 57.8 Å². The molecule has 1 fully saturated rings. The Morgan fingerprint density at radius 1 is 0.800 bits per heavy atom. The number of anilines is 1. The number of unbranched alkanes of at least 4 members (excludes halogenated alkanes) is 1. The largest absolute Gasteiger partial charge is 0.368 e. The Morgan fingerprint density at radius 2 is 1.60 bits per heavy atom. The molecule has 2 aliphatic heterocycles. The summed E-state index contributed by atoms with van der Waals surface area (Å²) in [5.41, 5.74) is 3.50. The summed E-state index contributed by atoms with van der Waals surface area (Å²) >= 11 is 1.83. The average molecular weight is 420 g/mol. The minimum absolute atomic E-state index is 0.272. The zero-order chi connectivity index (χ0) is 20.3. The maximum absolute atomic E-state index is 12.3. The van der Waals surface area contributed by atoms with E-state index in [4.69, 9.17) is 0 Å². The van der Waals surface area contributed by atoms with Crippen LogP contribution in [0.3, 0.4) is 0 Å². The summed E-state index contributed by atoms with van der Waals surface area (Å²) in [4.78, 5) is 19.8. The van der Waals surface area contributed by atoms with E-state index in [2.05, 4.69) is 50.4 Å². The average Bonchev–Trinajstić information content (AvgIpc) is 3.26. The fourth-order valence-electron chi connectivity index (χ4n) is 4.81. The Balaban J connectivity index is 1.06. The van der Waals surface area contributed by atoms with Crippen LogP contribution in [0.1, 0.15) is 28.8 Å². The highest BCUT2D eigenvalue weighted by molar-refractivity contribution is 7.17. The maximum Gasteiger partial charge on any atom is 0.177 e. The molecule has 0 radical (unpaired) electrons. The molecule has 1 aromatic heterocycles. The summed E-state index contributed by atoms with van der Waals surface area (Å²) in [7, 11) is 0. The summed E-state index contributed by atoms with van der Waals surface area (Å²) in [6.45, 7) is 8.14. The van der Waals surface area contributed by atoms with Crippen LogP contribution in [0.2, 0.25) is 0 Å². The molecular formula is C25H29N3OS. The van der Waals surface area contributed by atoms with Crippen molar-refractivity contribution in [3.8, 4) is 0 Å². The number of Topliss-reactive ketones (excluding diaryl/α,β-unsaturated/α-hetero) is 1. The highest BCUT2D eigenvalue weighted by Crippen LogP contribution is 2.31. The van der Waals surface area contributed by atoms with Crippen molar-refractivity contribution >= 4 is 32.9 Å². The highest BCUT2D eigenvalue weighted by Gasteiger charge is 2.22. The molecule has 3 heterocycles. The summed E-state index contributed by atoms with van der Waals surface area (Å²) in [5, 5.41) is 3.59. The van der Waals surface area contributed by atoms with E-state index in [1.165, 1.54) is 27.8 Å². The molecule has 0 saturated carbocycles. The van der Waals surface area contributed by atoms with E-state index in [-0.39, 0.29) is 5.78 Å². The van der Waals surface area contributed by atoms with Gasteiger partial charge < -0.3 is 4.90 Å². The second kappa shape index (κ2) is 8.88. The topological polar surface area (TPSA) is 26.8 Å². The molecule has 5 rings (SSSR count). The lowest BCUT2D eigenvalue weighted by Crippen LogP contribution is -2.46. The Hall–Kier alpha value is -2.21. The van der Waals surface area contributed by atoms with E-state index in [0.29, 0.717) is 6.54 Å². The number of carbonyl (C=O) groups excluding carboxylic acids is 1.